The van der Waals surface area contributed by atoms with E-state index in [1.165, 1.54) is 6.07 Å². The summed E-state index contributed by atoms with van der Waals surface area (Å²) in [5.41, 5.74) is 2.24. The summed E-state index contributed by atoms with van der Waals surface area (Å²) in [5, 5.41) is 4.39. The van der Waals surface area contributed by atoms with Crippen LogP contribution in [-0.4, -0.2) is 19.8 Å². The molecule has 26 heavy (non-hydrogen) atoms. The Balaban J connectivity index is 2.20. The molecule has 0 atom stereocenters. The molecule has 0 saturated heterocycles. The van der Waals surface area contributed by atoms with Gasteiger partial charge in [0, 0.05) is 16.8 Å². The summed E-state index contributed by atoms with van der Waals surface area (Å²) in [4.78, 5) is -0.431. The van der Waals surface area contributed by atoms with Gasteiger partial charge < -0.3 is 4.52 Å². The number of sulfone groups is 1. The number of benzene rings is 2. The lowest BCUT2D eigenvalue weighted by atomic mass is 9.98. The van der Waals surface area contributed by atoms with Crippen molar-refractivity contribution in [2.75, 3.05) is 6.26 Å². The minimum atomic E-state index is -3.71. The molecular weight excluding hydrogens is 384 g/mol. The Kier molecular flexibility index (Phi) is 4.86. The first-order valence-electron chi connectivity index (χ1n) is 7.53. The number of hydrogen-bond donors (Lipinski definition) is 0. The first kappa shape index (κ1) is 18.5. The van der Waals surface area contributed by atoms with E-state index >= 15 is 0 Å². The van der Waals surface area contributed by atoms with Gasteiger partial charge >= 0.3 is 0 Å². The van der Waals surface area contributed by atoms with E-state index in [0.29, 0.717) is 16.3 Å². The molecule has 3 aromatic rings. The Morgan fingerprint density at radius 2 is 1.85 bits per heavy atom. The molecule has 0 amide bonds. The Morgan fingerprint density at radius 1 is 1.15 bits per heavy atom. The molecule has 0 aliphatic rings. The second-order valence-corrected chi connectivity index (χ2v) is 8.24. The lowest BCUT2D eigenvalue weighted by Gasteiger charge is -2.07. The van der Waals surface area contributed by atoms with Gasteiger partial charge in [-0.2, -0.15) is 0 Å². The molecule has 0 spiro atoms. The summed E-state index contributed by atoms with van der Waals surface area (Å²) in [6.07, 6.45) is 0.914. The summed E-state index contributed by atoms with van der Waals surface area (Å²) in [6.45, 7) is 0.888. The highest BCUT2D eigenvalue weighted by Crippen LogP contribution is 2.37. The van der Waals surface area contributed by atoms with E-state index in [9.17, 15) is 17.2 Å². The topological polar surface area (TPSA) is 60.2 Å². The maximum absolute atomic E-state index is 14.3. The monoisotopic (exact) mass is 397 g/mol. The number of aromatic nitrogens is 1. The molecule has 0 aliphatic heterocycles. The maximum Gasteiger partial charge on any atom is 0.178 e. The molecule has 0 saturated carbocycles. The van der Waals surface area contributed by atoms with Crippen molar-refractivity contribution in [1.82, 2.24) is 5.16 Å². The number of nitrogens with zero attached hydrogens (tertiary/aromatic N) is 1. The van der Waals surface area contributed by atoms with Crippen LogP contribution in [-0.2, 0) is 16.5 Å². The van der Waals surface area contributed by atoms with E-state index in [0.717, 1.165) is 24.0 Å². The van der Waals surface area contributed by atoms with Gasteiger partial charge in [-0.3, -0.25) is 0 Å². The maximum atomic E-state index is 14.3. The Bertz CT molecular complexity index is 1090. The zero-order chi connectivity index (χ0) is 19.1. The van der Waals surface area contributed by atoms with Gasteiger partial charge in [0.2, 0.25) is 0 Å². The van der Waals surface area contributed by atoms with Gasteiger partial charge in [-0.1, -0.05) is 35.0 Å². The molecule has 0 bridgehead atoms. The summed E-state index contributed by atoms with van der Waals surface area (Å²) >= 11 is 6.14. The average Bonchev–Trinajstić information content (AvgIpc) is 3.00. The Morgan fingerprint density at radius 3 is 2.42 bits per heavy atom. The average molecular weight is 398 g/mol. The minimum Gasteiger partial charge on any atom is -0.357 e. The zero-order valence-corrected chi connectivity index (χ0v) is 15.5. The first-order chi connectivity index (χ1) is 12.2. The van der Waals surface area contributed by atoms with Crippen molar-refractivity contribution < 1.29 is 21.7 Å². The number of alkyl halides is 1. The molecular formula is C18H14ClF2NO3S. The molecule has 1 heterocycles. The third kappa shape index (κ3) is 3.37. The number of hydrogen-bond acceptors (Lipinski definition) is 4. The summed E-state index contributed by atoms with van der Waals surface area (Å²) in [5.74, 6) is -1.01. The predicted octanol–water partition coefficient (Wildman–Crippen LogP) is 4.98. The van der Waals surface area contributed by atoms with Crippen molar-refractivity contribution in [3.63, 3.8) is 0 Å². The fourth-order valence-electron chi connectivity index (χ4n) is 2.61. The van der Waals surface area contributed by atoms with Crippen molar-refractivity contribution >= 4 is 21.4 Å². The zero-order valence-electron chi connectivity index (χ0n) is 13.9. The van der Waals surface area contributed by atoms with Crippen LogP contribution in [0, 0.1) is 12.7 Å². The van der Waals surface area contributed by atoms with Gasteiger partial charge in [-0.25, -0.2) is 17.2 Å². The van der Waals surface area contributed by atoms with Gasteiger partial charge in [0.05, 0.1) is 5.56 Å². The molecule has 0 aliphatic carbocycles. The summed E-state index contributed by atoms with van der Waals surface area (Å²) in [6, 6.07) is 8.73. The van der Waals surface area contributed by atoms with Crippen LogP contribution in [0.25, 0.3) is 22.4 Å². The van der Waals surface area contributed by atoms with Crippen LogP contribution >= 0.6 is 11.6 Å². The molecule has 0 radical (unpaired) electrons. The molecule has 0 unspecified atom stereocenters. The van der Waals surface area contributed by atoms with Gasteiger partial charge in [-0.05, 0) is 36.2 Å². The molecule has 1 aromatic heterocycles. The van der Waals surface area contributed by atoms with E-state index in [1.54, 1.807) is 18.2 Å². The van der Waals surface area contributed by atoms with Crippen molar-refractivity contribution in [2.24, 2.45) is 0 Å². The second-order valence-electron chi connectivity index (χ2n) is 5.84. The largest absolute Gasteiger partial charge is 0.357 e. The quantitative estimate of drug-likeness (QED) is 0.622. The van der Waals surface area contributed by atoms with Gasteiger partial charge in [-0.15, -0.1) is 0 Å². The van der Waals surface area contributed by atoms with Crippen LogP contribution in [0.15, 0.2) is 45.8 Å². The SMILES string of the molecule is Cc1ccc(-c2noc(CF)c2-c2ccc(S(C)(=O)=O)c(F)c2)cc1Cl. The lowest BCUT2D eigenvalue weighted by Crippen LogP contribution is -2.01. The van der Waals surface area contributed by atoms with Gasteiger partial charge in [0.1, 0.15) is 16.4 Å². The van der Waals surface area contributed by atoms with Crippen LogP contribution < -0.4 is 0 Å². The third-order valence-corrected chi connectivity index (χ3v) is 5.49. The molecule has 136 valence electrons. The molecule has 4 nitrogen and oxygen atoms in total. The smallest absolute Gasteiger partial charge is 0.178 e. The fraction of sp³-hybridized carbons (Fsp3) is 0.167. The molecule has 0 N–H and O–H groups in total. The summed E-state index contributed by atoms with van der Waals surface area (Å²) in [7, 11) is -3.71. The number of rotatable bonds is 4. The predicted molar refractivity (Wildman–Crippen MR) is 95.0 cm³/mol. The lowest BCUT2D eigenvalue weighted by molar-refractivity contribution is 0.332. The van der Waals surface area contributed by atoms with Crippen LogP contribution in [0.4, 0.5) is 8.78 Å². The minimum absolute atomic E-state index is 0.0804. The number of aryl methyl sites for hydroxylation is 1. The van der Waals surface area contributed by atoms with Crippen molar-refractivity contribution in [3.05, 3.63) is 58.6 Å². The Labute approximate surface area is 154 Å². The van der Waals surface area contributed by atoms with Gasteiger partial charge in [0.15, 0.2) is 22.3 Å². The van der Waals surface area contributed by atoms with Crippen LogP contribution in [0.5, 0.6) is 0 Å². The highest BCUT2D eigenvalue weighted by Gasteiger charge is 2.22. The van der Waals surface area contributed by atoms with E-state index in [4.69, 9.17) is 16.1 Å². The van der Waals surface area contributed by atoms with Crippen molar-refractivity contribution in [3.8, 4) is 22.4 Å². The standard InChI is InChI=1S/C18H14ClF2NO3S/c1-10-3-4-12(7-13(10)19)18-17(15(9-20)25-22-18)11-5-6-16(14(21)8-11)26(2,23)24/h3-8H,9H2,1-2H3. The highest BCUT2D eigenvalue weighted by molar-refractivity contribution is 7.90. The van der Waals surface area contributed by atoms with Gasteiger partial charge in [0.25, 0.3) is 0 Å². The van der Waals surface area contributed by atoms with Crippen LogP contribution in [0.1, 0.15) is 11.3 Å². The Hall–Kier alpha value is -2.25. The molecule has 0 fully saturated rings. The van der Waals surface area contributed by atoms with Crippen molar-refractivity contribution in [2.45, 2.75) is 18.5 Å². The second kappa shape index (κ2) is 6.81. The molecule has 8 heteroatoms. The highest BCUT2D eigenvalue weighted by atomic mass is 35.5. The van der Waals surface area contributed by atoms with E-state index in [-0.39, 0.29) is 16.9 Å². The molecule has 2 aromatic carbocycles. The van der Waals surface area contributed by atoms with E-state index in [2.05, 4.69) is 5.16 Å². The van der Waals surface area contributed by atoms with Crippen LogP contribution in [0.2, 0.25) is 5.02 Å². The number of halogens is 3. The normalized spacial score (nSPS) is 11.7. The first-order valence-corrected chi connectivity index (χ1v) is 9.80. The van der Waals surface area contributed by atoms with E-state index in [1.807, 2.05) is 6.92 Å². The van der Waals surface area contributed by atoms with Crippen molar-refractivity contribution in [1.29, 1.82) is 0 Å². The molecule has 3 rings (SSSR count). The fourth-order valence-corrected chi connectivity index (χ4v) is 3.52. The summed E-state index contributed by atoms with van der Waals surface area (Å²) < 4.78 is 55.9. The van der Waals surface area contributed by atoms with Crippen LogP contribution in [0.3, 0.4) is 0 Å². The van der Waals surface area contributed by atoms with E-state index < -0.39 is 27.2 Å². The third-order valence-electron chi connectivity index (χ3n) is 3.95.